The van der Waals surface area contributed by atoms with Crippen LogP contribution in [-0.4, -0.2) is 39.0 Å². The summed E-state index contributed by atoms with van der Waals surface area (Å²) in [6, 6.07) is 12.6. The van der Waals surface area contributed by atoms with E-state index in [4.69, 9.17) is 27.9 Å². The molecular formula is C25H25Cl2N5O3. The second kappa shape index (κ2) is 9.51. The lowest BCUT2D eigenvalue weighted by Gasteiger charge is -2.42. The van der Waals surface area contributed by atoms with E-state index < -0.39 is 11.7 Å². The van der Waals surface area contributed by atoms with Gasteiger partial charge in [0.25, 0.3) is 5.91 Å². The van der Waals surface area contributed by atoms with Crippen molar-refractivity contribution in [2.75, 3.05) is 0 Å². The Bertz CT molecular complexity index is 1280. The Morgan fingerprint density at radius 2 is 2.06 bits per heavy atom. The molecule has 0 saturated heterocycles. The van der Waals surface area contributed by atoms with Gasteiger partial charge in [-0.1, -0.05) is 29.3 Å². The van der Waals surface area contributed by atoms with Crippen LogP contribution in [-0.2, 0) is 4.74 Å². The Kier molecular flexibility index (Phi) is 6.42. The van der Waals surface area contributed by atoms with E-state index in [0.717, 1.165) is 24.8 Å². The third-order valence-electron chi connectivity index (χ3n) is 6.74. The number of amides is 2. The summed E-state index contributed by atoms with van der Waals surface area (Å²) in [5, 5.41) is 12.8. The number of carbonyl (C=O) groups excluding carboxylic acids is 2. The number of nitrogens with zero attached hydrogens (tertiary/aromatic N) is 3. The van der Waals surface area contributed by atoms with Crippen molar-refractivity contribution in [3.05, 3.63) is 70.0 Å². The molecule has 1 aliphatic carbocycles. The van der Waals surface area contributed by atoms with Gasteiger partial charge in [-0.25, -0.2) is 14.7 Å². The zero-order chi connectivity index (χ0) is 24.6. The smallest absolute Gasteiger partial charge is 0.428 e. The lowest BCUT2D eigenvalue weighted by atomic mass is 9.73. The molecule has 182 valence electrons. The maximum absolute atomic E-state index is 12.7. The number of hydrogen-bond acceptors (Lipinski definition) is 5. The first-order chi connectivity index (χ1) is 16.8. The van der Waals surface area contributed by atoms with Gasteiger partial charge >= 0.3 is 6.09 Å². The van der Waals surface area contributed by atoms with Gasteiger partial charge in [0.1, 0.15) is 5.71 Å². The Labute approximate surface area is 212 Å². The summed E-state index contributed by atoms with van der Waals surface area (Å²) >= 11 is 12.6. The highest BCUT2D eigenvalue weighted by atomic mass is 35.5. The van der Waals surface area contributed by atoms with Crippen molar-refractivity contribution in [2.45, 2.75) is 50.7 Å². The molecule has 1 atom stereocenters. The average Bonchev–Trinajstić information content (AvgIpc) is 3.27. The molecule has 8 nitrogen and oxygen atoms in total. The summed E-state index contributed by atoms with van der Waals surface area (Å²) in [6.07, 6.45) is 4.91. The Morgan fingerprint density at radius 3 is 2.83 bits per heavy atom. The summed E-state index contributed by atoms with van der Waals surface area (Å²) in [4.78, 5) is 24.8. The number of benzene rings is 1. The third-order valence-corrected chi connectivity index (χ3v) is 7.31. The van der Waals surface area contributed by atoms with E-state index in [1.165, 1.54) is 0 Å². The highest BCUT2D eigenvalue weighted by Gasteiger charge is 2.47. The summed E-state index contributed by atoms with van der Waals surface area (Å²) in [7, 11) is 0. The first-order valence-electron chi connectivity index (χ1n) is 11.6. The molecule has 1 saturated carbocycles. The first-order valence-corrected chi connectivity index (χ1v) is 12.4. The number of halogens is 2. The van der Waals surface area contributed by atoms with Crippen molar-refractivity contribution in [1.29, 1.82) is 0 Å². The maximum atomic E-state index is 12.7. The number of carbonyl (C=O) groups is 2. The van der Waals surface area contributed by atoms with Gasteiger partial charge in [-0.15, -0.1) is 0 Å². The number of hydrazone groups is 1. The van der Waals surface area contributed by atoms with E-state index in [1.54, 1.807) is 28.8 Å². The average molecular weight is 514 g/mol. The number of nitrogens with one attached hydrogen (secondary N) is 2. The minimum absolute atomic E-state index is 0.0301. The second-order valence-corrected chi connectivity index (χ2v) is 10.1. The molecule has 2 aliphatic rings. The van der Waals surface area contributed by atoms with Gasteiger partial charge in [-0.3, -0.25) is 4.79 Å². The SMILES string of the molecule is C[C@@H](CC1CCC2(CC1)OC(=O)NN=C2c1cc(Cl)ccc1Cl)NC(=O)c1cc2ccccn2n1. The molecule has 2 aromatic heterocycles. The van der Waals surface area contributed by atoms with Crippen LogP contribution >= 0.6 is 23.2 Å². The van der Waals surface area contributed by atoms with Crippen LogP contribution in [0.2, 0.25) is 10.0 Å². The van der Waals surface area contributed by atoms with Crippen molar-refractivity contribution >= 4 is 46.4 Å². The molecule has 35 heavy (non-hydrogen) atoms. The maximum Gasteiger partial charge on any atom is 0.428 e. The molecule has 10 heteroatoms. The largest absolute Gasteiger partial charge is 0.435 e. The number of fused-ring (bicyclic) bond motifs is 1. The highest BCUT2D eigenvalue weighted by Crippen LogP contribution is 2.41. The summed E-state index contributed by atoms with van der Waals surface area (Å²) in [6.45, 7) is 2.00. The fourth-order valence-corrected chi connectivity index (χ4v) is 5.44. The van der Waals surface area contributed by atoms with Crippen molar-refractivity contribution in [3.8, 4) is 0 Å². The van der Waals surface area contributed by atoms with Crippen LogP contribution in [0.1, 0.15) is 55.1 Å². The van der Waals surface area contributed by atoms with E-state index >= 15 is 0 Å². The van der Waals surface area contributed by atoms with Gasteiger partial charge in [-0.2, -0.15) is 10.2 Å². The van der Waals surface area contributed by atoms with E-state index in [-0.39, 0.29) is 11.9 Å². The van der Waals surface area contributed by atoms with Gasteiger partial charge in [0.15, 0.2) is 11.3 Å². The number of hydrogen-bond donors (Lipinski definition) is 2. The monoisotopic (exact) mass is 513 g/mol. The van der Waals surface area contributed by atoms with Crippen LogP contribution in [0.3, 0.4) is 0 Å². The van der Waals surface area contributed by atoms with E-state index in [0.29, 0.717) is 45.8 Å². The molecule has 3 aromatic rings. The van der Waals surface area contributed by atoms with Gasteiger partial charge < -0.3 is 10.1 Å². The van der Waals surface area contributed by atoms with Gasteiger partial charge in [-0.05, 0) is 81.3 Å². The standard InChI is InChI=1S/C25H25Cl2N5O3/c1-15(28-23(33)21-14-18-4-2-3-11-32(18)31-21)12-16-7-9-25(10-8-16)22(29-30-24(34)35-25)19-13-17(26)5-6-20(19)27/h2-6,11,13-16H,7-10,12H2,1H3,(H,28,33)(H,30,34)/t15-,16?,25?/m0/s1. The van der Waals surface area contributed by atoms with Crippen molar-refractivity contribution in [1.82, 2.24) is 20.4 Å². The van der Waals surface area contributed by atoms with Crippen LogP contribution in [0.5, 0.6) is 0 Å². The fourth-order valence-electron chi connectivity index (χ4n) is 5.06. The molecule has 5 rings (SSSR count). The Balaban J connectivity index is 1.23. The molecule has 0 bridgehead atoms. The molecule has 3 heterocycles. The lowest BCUT2D eigenvalue weighted by Crippen LogP contribution is -2.52. The van der Waals surface area contributed by atoms with Crippen LogP contribution in [0.15, 0.2) is 53.8 Å². The van der Waals surface area contributed by atoms with Crippen molar-refractivity contribution < 1.29 is 14.3 Å². The predicted molar refractivity (Wildman–Crippen MR) is 134 cm³/mol. The normalized spacial score (nSPS) is 22.9. The quantitative estimate of drug-likeness (QED) is 0.488. The van der Waals surface area contributed by atoms with Crippen molar-refractivity contribution in [3.63, 3.8) is 0 Å². The van der Waals surface area contributed by atoms with Gasteiger partial charge in [0.2, 0.25) is 0 Å². The van der Waals surface area contributed by atoms with Gasteiger partial charge in [0, 0.05) is 27.8 Å². The van der Waals surface area contributed by atoms with Crippen molar-refractivity contribution in [2.24, 2.45) is 11.0 Å². The molecular weight excluding hydrogens is 489 g/mol. The third kappa shape index (κ3) is 4.86. The van der Waals surface area contributed by atoms with Crippen LogP contribution in [0.4, 0.5) is 4.79 Å². The van der Waals surface area contributed by atoms with E-state index in [1.807, 2.05) is 31.3 Å². The highest BCUT2D eigenvalue weighted by molar-refractivity contribution is 6.36. The molecule has 1 aliphatic heterocycles. The Morgan fingerprint density at radius 1 is 1.26 bits per heavy atom. The molecule has 0 radical (unpaired) electrons. The first kappa shape index (κ1) is 23.6. The van der Waals surface area contributed by atoms with Crippen LogP contribution < -0.4 is 10.7 Å². The number of pyridine rings is 1. The van der Waals surface area contributed by atoms with E-state index in [9.17, 15) is 9.59 Å². The van der Waals surface area contributed by atoms with Crippen LogP contribution in [0.25, 0.3) is 5.52 Å². The summed E-state index contributed by atoms with van der Waals surface area (Å²) in [5.41, 5.74) is 4.08. The minimum Gasteiger partial charge on any atom is -0.435 e. The molecule has 2 N–H and O–H groups in total. The van der Waals surface area contributed by atoms with Gasteiger partial charge in [0.05, 0.1) is 5.52 Å². The molecule has 1 fully saturated rings. The zero-order valence-corrected chi connectivity index (χ0v) is 20.6. The summed E-state index contributed by atoms with van der Waals surface area (Å²) < 4.78 is 7.50. The number of aromatic nitrogens is 2. The van der Waals surface area contributed by atoms with E-state index in [2.05, 4.69) is 20.9 Å². The molecule has 1 spiro atoms. The number of ether oxygens (including phenoxy) is 1. The number of rotatable bonds is 5. The predicted octanol–water partition coefficient (Wildman–Crippen LogP) is 5.22. The molecule has 2 amide bonds. The topological polar surface area (TPSA) is 97.1 Å². The molecule has 0 unspecified atom stereocenters. The summed E-state index contributed by atoms with van der Waals surface area (Å²) in [5.74, 6) is 0.174. The zero-order valence-electron chi connectivity index (χ0n) is 19.1. The lowest BCUT2D eigenvalue weighted by molar-refractivity contribution is 0.0154. The minimum atomic E-state index is -0.851. The fraction of sp³-hybridized carbons (Fsp3) is 0.360. The second-order valence-electron chi connectivity index (χ2n) is 9.23. The molecule has 1 aromatic carbocycles. The van der Waals surface area contributed by atoms with Crippen LogP contribution in [0, 0.1) is 5.92 Å². The Hall–Kier alpha value is -3.10.